The average molecular weight is 406 g/mol. The first-order valence-corrected chi connectivity index (χ1v) is 9.89. The maximum atomic E-state index is 5.56. The van der Waals surface area contributed by atoms with Crippen LogP contribution >= 0.6 is 0 Å². The summed E-state index contributed by atoms with van der Waals surface area (Å²) in [6.07, 6.45) is 2.90. The van der Waals surface area contributed by atoms with E-state index in [4.69, 9.17) is 23.9 Å². The molecule has 1 atom stereocenters. The zero-order valence-electron chi connectivity index (χ0n) is 17.9. The van der Waals surface area contributed by atoms with E-state index in [-0.39, 0.29) is 6.04 Å². The molecule has 30 heavy (non-hydrogen) atoms. The number of benzene rings is 2. The number of aliphatic imine (C=N–C) groups is 1. The van der Waals surface area contributed by atoms with E-state index in [1.807, 2.05) is 42.6 Å². The summed E-state index contributed by atoms with van der Waals surface area (Å²) >= 11 is 0. The third-order valence-electron chi connectivity index (χ3n) is 5.47. The highest BCUT2D eigenvalue weighted by atomic mass is 16.5. The minimum absolute atomic E-state index is 0.0252. The molecule has 0 bridgehead atoms. The van der Waals surface area contributed by atoms with Crippen LogP contribution in [0.3, 0.4) is 0 Å². The molecule has 0 radical (unpaired) electrons. The van der Waals surface area contributed by atoms with E-state index in [1.54, 1.807) is 28.4 Å². The van der Waals surface area contributed by atoms with Crippen LogP contribution in [0.15, 0.2) is 53.7 Å². The van der Waals surface area contributed by atoms with Crippen LogP contribution < -0.4 is 18.9 Å². The van der Waals surface area contributed by atoms with Crippen molar-refractivity contribution in [2.24, 2.45) is 4.99 Å². The molecule has 0 fully saturated rings. The maximum absolute atomic E-state index is 5.56. The fraction of sp³-hybridized carbons (Fsp3) is 0.292. The lowest BCUT2D eigenvalue weighted by atomic mass is 10.0. The lowest BCUT2D eigenvalue weighted by molar-refractivity contribution is 0.354. The molecule has 156 valence electrons. The number of methoxy groups -OCH3 is 4. The van der Waals surface area contributed by atoms with Crippen LogP contribution in [0.4, 0.5) is 0 Å². The highest BCUT2D eigenvalue weighted by Crippen LogP contribution is 2.40. The molecule has 0 unspecified atom stereocenters. The molecule has 2 aromatic carbocycles. The first kappa shape index (κ1) is 19.9. The van der Waals surface area contributed by atoms with Crippen LogP contribution in [0.5, 0.6) is 23.0 Å². The van der Waals surface area contributed by atoms with Gasteiger partial charge in [-0.3, -0.25) is 4.99 Å². The van der Waals surface area contributed by atoms with E-state index in [2.05, 4.69) is 17.6 Å². The summed E-state index contributed by atoms with van der Waals surface area (Å²) in [4.78, 5) is 5.18. The highest BCUT2D eigenvalue weighted by Gasteiger charge is 2.26. The molecule has 4 rings (SSSR count). The van der Waals surface area contributed by atoms with Crippen molar-refractivity contribution in [1.82, 2.24) is 4.57 Å². The van der Waals surface area contributed by atoms with E-state index in [9.17, 15) is 0 Å². The van der Waals surface area contributed by atoms with Crippen LogP contribution in [0.25, 0.3) is 5.69 Å². The third kappa shape index (κ3) is 3.18. The van der Waals surface area contributed by atoms with Gasteiger partial charge in [0.25, 0.3) is 0 Å². The van der Waals surface area contributed by atoms with Crippen molar-refractivity contribution in [1.29, 1.82) is 0 Å². The minimum Gasteiger partial charge on any atom is -0.493 e. The number of nitrogens with zero attached hydrogens (tertiary/aromatic N) is 2. The van der Waals surface area contributed by atoms with Crippen LogP contribution in [0.2, 0.25) is 0 Å². The standard InChI is InChI=1S/C24H26N2O4/c1-6-17-16-13-22(29-4)23(30-5)14-19(16)26-11-7-8-18(26)24(25-17)15-9-10-20(27-2)21(12-15)28-3/h7-14,17H,6H2,1-5H3/t17-/m1/s1. The van der Waals surface area contributed by atoms with Crippen molar-refractivity contribution in [3.05, 3.63) is 65.5 Å². The third-order valence-corrected chi connectivity index (χ3v) is 5.47. The molecule has 2 heterocycles. The zero-order valence-corrected chi connectivity index (χ0v) is 17.9. The van der Waals surface area contributed by atoms with Gasteiger partial charge in [0.05, 0.1) is 51.6 Å². The van der Waals surface area contributed by atoms with Crippen LogP contribution in [0, 0.1) is 0 Å². The molecule has 6 heteroatoms. The van der Waals surface area contributed by atoms with Gasteiger partial charge in [-0.25, -0.2) is 0 Å². The second-order valence-electron chi connectivity index (χ2n) is 7.00. The molecule has 3 aromatic rings. The normalized spacial score (nSPS) is 14.8. The van der Waals surface area contributed by atoms with Gasteiger partial charge < -0.3 is 23.5 Å². The van der Waals surface area contributed by atoms with Gasteiger partial charge >= 0.3 is 0 Å². The SMILES string of the molecule is CC[C@H]1N=C(c2ccc(OC)c(OC)c2)c2cccn2-c2cc(OC)c(OC)cc21. The predicted octanol–water partition coefficient (Wildman–Crippen LogP) is 4.81. The molecule has 1 aliphatic heterocycles. The summed E-state index contributed by atoms with van der Waals surface area (Å²) in [6, 6.07) is 14.0. The number of aromatic nitrogens is 1. The second kappa shape index (κ2) is 8.14. The number of hydrogen-bond acceptors (Lipinski definition) is 5. The first-order chi connectivity index (χ1) is 14.6. The Morgan fingerprint density at radius 3 is 2.17 bits per heavy atom. The lowest BCUT2D eigenvalue weighted by Crippen LogP contribution is -2.09. The van der Waals surface area contributed by atoms with Crippen molar-refractivity contribution < 1.29 is 18.9 Å². The number of hydrogen-bond donors (Lipinski definition) is 0. The molecular weight excluding hydrogens is 380 g/mol. The van der Waals surface area contributed by atoms with Crippen LogP contribution in [-0.4, -0.2) is 38.7 Å². The first-order valence-electron chi connectivity index (χ1n) is 9.89. The van der Waals surface area contributed by atoms with Crippen molar-refractivity contribution in [3.63, 3.8) is 0 Å². The summed E-state index contributed by atoms with van der Waals surface area (Å²) in [5.74, 6) is 2.76. The Morgan fingerprint density at radius 1 is 0.833 bits per heavy atom. The van der Waals surface area contributed by atoms with Crippen molar-refractivity contribution >= 4 is 5.71 Å². The molecule has 1 aromatic heterocycles. The smallest absolute Gasteiger partial charge is 0.162 e. The predicted molar refractivity (Wildman–Crippen MR) is 117 cm³/mol. The topological polar surface area (TPSA) is 54.2 Å². The molecule has 0 aliphatic carbocycles. The Hall–Kier alpha value is -3.41. The zero-order chi connectivity index (χ0) is 21.3. The van der Waals surface area contributed by atoms with Gasteiger partial charge in [-0.2, -0.15) is 0 Å². The van der Waals surface area contributed by atoms with Gasteiger partial charge in [-0.1, -0.05) is 6.92 Å². The Kier molecular flexibility index (Phi) is 5.40. The van der Waals surface area contributed by atoms with Gasteiger partial charge in [-0.15, -0.1) is 0 Å². The molecular formula is C24H26N2O4. The summed E-state index contributed by atoms with van der Waals surface area (Å²) < 4.78 is 24.2. The van der Waals surface area contributed by atoms with E-state index in [0.29, 0.717) is 23.0 Å². The largest absolute Gasteiger partial charge is 0.493 e. The molecule has 0 saturated carbocycles. The van der Waals surface area contributed by atoms with E-state index >= 15 is 0 Å². The molecule has 1 aliphatic rings. The maximum Gasteiger partial charge on any atom is 0.162 e. The Morgan fingerprint density at radius 2 is 1.50 bits per heavy atom. The fourth-order valence-corrected chi connectivity index (χ4v) is 3.95. The van der Waals surface area contributed by atoms with Gasteiger partial charge in [0.15, 0.2) is 23.0 Å². The lowest BCUT2D eigenvalue weighted by Gasteiger charge is -2.18. The van der Waals surface area contributed by atoms with Gasteiger partial charge in [0.2, 0.25) is 0 Å². The fourth-order valence-electron chi connectivity index (χ4n) is 3.95. The Labute approximate surface area is 176 Å². The number of fused-ring (bicyclic) bond motifs is 3. The average Bonchev–Trinajstić information content (AvgIpc) is 3.23. The van der Waals surface area contributed by atoms with Crippen LogP contribution in [-0.2, 0) is 0 Å². The molecule has 0 saturated heterocycles. The van der Waals surface area contributed by atoms with Gasteiger partial charge in [0.1, 0.15) is 0 Å². The number of ether oxygens (including phenoxy) is 4. The molecule has 0 spiro atoms. The van der Waals surface area contributed by atoms with Gasteiger partial charge in [-0.05, 0) is 42.8 Å². The van der Waals surface area contributed by atoms with Crippen molar-refractivity contribution in [2.75, 3.05) is 28.4 Å². The van der Waals surface area contributed by atoms with Gasteiger partial charge in [0, 0.05) is 23.4 Å². The van der Waals surface area contributed by atoms with Crippen LogP contribution in [0.1, 0.15) is 36.2 Å². The molecule has 0 amide bonds. The Bertz CT molecular complexity index is 1100. The molecule has 6 nitrogen and oxygen atoms in total. The van der Waals surface area contributed by atoms with Crippen molar-refractivity contribution in [3.8, 4) is 28.7 Å². The second-order valence-corrected chi connectivity index (χ2v) is 7.00. The number of rotatable bonds is 6. The van der Waals surface area contributed by atoms with E-state index in [1.165, 1.54) is 0 Å². The summed E-state index contributed by atoms with van der Waals surface area (Å²) in [5.41, 5.74) is 5.02. The van der Waals surface area contributed by atoms with E-state index < -0.39 is 0 Å². The monoisotopic (exact) mass is 406 g/mol. The van der Waals surface area contributed by atoms with Crippen molar-refractivity contribution in [2.45, 2.75) is 19.4 Å². The Balaban J connectivity index is 1.95. The molecule has 0 N–H and O–H groups in total. The van der Waals surface area contributed by atoms with E-state index in [0.717, 1.165) is 34.6 Å². The quantitative estimate of drug-likeness (QED) is 0.589. The minimum atomic E-state index is -0.0252. The summed E-state index contributed by atoms with van der Waals surface area (Å²) in [6.45, 7) is 2.14. The summed E-state index contributed by atoms with van der Waals surface area (Å²) in [7, 11) is 6.58. The summed E-state index contributed by atoms with van der Waals surface area (Å²) in [5, 5.41) is 0. The highest BCUT2D eigenvalue weighted by molar-refractivity contribution is 6.13.